The van der Waals surface area contributed by atoms with Crippen molar-refractivity contribution in [2.45, 2.75) is 64.2 Å². The molecular weight excluding hydrogens is 359 g/mol. The van der Waals surface area contributed by atoms with Crippen LogP contribution in [0.2, 0.25) is 10.0 Å². The van der Waals surface area contributed by atoms with Gasteiger partial charge in [0, 0.05) is 10.0 Å². The molecule has 1 saturated carbocycles. The minimum atomic E-state index is 0.926. The van der Waals surface area contributed by atoms with Crippen LogP contribution in [-0.2, 0) is 12.8 Å². The highest BCUT2D eigenvalue weighted by atomic mass is 35.5. The highest BCUT2D eigenvalue weighted by molar-refractivity contribution is 6.31. The maximum atomic E-state index is 6.26. The highest BCUT2D eigenvalue weighted by Gasteiger charge is 2.20. The second kappa shape index (κ2) is 10.4. The summed E-state index contributed by atoms with van der Waals surface area (Å²) in [5.74, 6) is 1.86. The lowest BCUT2D eigenvalue weighted by molar-refractivity contribution is 0.247. The van der Waals surface area contributed by atoms with Crippen molar-refractivity contribution in [2.75, 3.05) is 0 Å². The first-order chi connectivity index (χ1) is 12.7. The number of hydrogen-bond donors (Lipinski definition) is 0. The Morgan fingerprint density at radius 2 is 1.00 bits per heavy atom. The van der Waals surface area contributed by atoms with Gasteiger partial charge in [0.2, 0.25) is 0 Å². The molecule has 0 saturated heterocycles. The third-order valence-electron chi connectivity index (χ3n) is 6.00. The highest BCUT2D eigenvalue weighted by Crippen LogP contribution is 2.34. The summed E-state index contributed by atoms with van der Waals surface area (Å²) in [5, 5.41) is 1.85. The average Bonchev–Trinajstić information content (AvgIpc) is 2.66. The van der Waals surface area contributed by atoms with Crippen molar-refractivity contribution in [2.24, 2.45) is 11.8 Å². The van der Waals surface area contributed by atoms with Gasteiger partial charge < -0.3 is 0 Å². The van der Waals surface area contributed by atoms with E-state index in [4.69, 9.17) is 23.2 Å². The average molecular weight is 389 g/mol. The van der Waals surface area contributed by atoms with Gasteiger partial charge in [-0.2, -0.15) is 0 Å². The Bertz CT molecular complexity index is 612. The van der Waals surface area contributed by atoms with E-state index in [9.17, 15) is 0 Å². The Labute approximate surface area is 168 Å². The van der Waals surface area contributed by atoms with Crippen molar-refractivity contribution in [3.63, 3.8) is 0 Å². The quantitative estimate of drug-likeness (QED) is 0.427. The third kappa shape index (κ3) is 6.03. The SMILES string of the molecule is Clc1ccccc1CCCC1CCC(CCCc2ccccc2Cl)CC1. The van der Waals surface area contributed by atoms with Crippen LogP contribution in [0.15, 0.2) is 48.5 Å². The van der Waals surface area contributed by atoms with Gasteiger partial charge in [-0.15, -0.1) is 0 Å². The van der Waals surface area contributed by atoms with Gasteiger partial charge in [0.25, 0.3) is 0 Å². The molecule has 140 valence electrons. The van der Waals surface area contributed by atoms with Crippen LogP contribution in [0.25, 0.3) is 0 Å². The maximum absolute atomic E-state index is 6.26. The molecular formula is C24H30Cl2. The van der Waals surface area contributed by atoms with Crippen molar-refractivity contribution in [1.82, 2.24) is 0 Å². The van der Waals surface area contributed by atoms with Gasteiger partial charge >= 0.3 is 0 Å². The lowest BCUT2D eigenvalue weighted by Crippen LogP contribution is -2.15. The first-order valence-electron chi connectivity index (χ1n) is 10.2. The maximum Gasteiger partial charge on any atom is 0.0437 e. The number of benzene rings is 2. The summed E-state index contributed by atoms with van der Waals surface area (Å²) < 4.78 is 0. The minimum Gasteiger partial charge on any atom is -0.0840 e. The smallest absolute Gasteiger partial charge is 0.0437 e. The Morgan fingerprint density at radius 1 is 0.615 bits per heavy atom. The molecule has 0 spiro atoms. The molecule has 0 unspecified atom stereocenters. The van der Waals surface area contributed by atoms with Gasteiger partial charge in [-0.05, 0) is 60.8 Å². The second-order valence-corrected chi connectivity index (χ2v) is 8.67. The van der Waals surface area contributed by atoms with Crippen molar-refractivity contribution < 1.29 is 0 Å². The van der Waals surface area contributed by atoms with Crippen LogP contribution in [0.4, 0.5) is 0 Å². The summed E-state index contributed by atoms with van der Waals surface area (Å²) in [6.45, 7) is 0. The molecule has 0 atom stereocenters. The molecule has 2 aromatic carbocycles. The molecule has 2 aromatic rings. The minimum absolute atomic E-state index is 0.926. The van der Waals surface area contributed by atoms with Crippen molar-refractivity contribution >= 4 is 23.2 Å². The summed E-state index contributed by atoms with van der Waals surface area (Å²) in [6.07, 6.45) is 13.2. The molecule has 1 aliphatic carbocycles. The Hall–Kier alpha value is -0.980. The first kappa shape index (κ1) is 19.8. The van der Waals surface area contributed by atoms with Crippen molar-refractivity contribution in [1.29, 1.82) is 0 Å². The van der Waals surface area contributed by atoms with Gasteiger partial charge in [-0.3, -0.25) is 0 Å². The molecule has 2 heteroatoms. The monoisotopic (exact) mass is 388 g/mol. The molecule has 0 aromatic heterocycles. The summed E-state index contributed by atoms with van der Waals surface area (Å²) in [5.41, 5.74) is 2.62. The second-order valence-electron chi connectivity index (χ2n) is 7.85. The van der Waals surface area contributed by atoms with E-state index in [1.807, 2.05) is 24.3 Å². The third-order valence-corrected chi connectivity index (χ3v) is 6.74. The number of rotatable bonds is 8. The number of hydrogen-bond acceptors (Lipinski definition) is 0. The predicted octanol–water partition coefficient (Wildman–Crippen LogP) is 8.15. The Kier molecular flexibility index (Phi) is 7.89. The summed E-state index contributed by atoms with van der Waals surface area (Å²) in [7, 11) is 0. The molecule has 0 bridgehead atoms. The van der Waals surface area contributed by atoms with Crippen molar-refractivity contribution in [3.05, 3.63) is 69.7 Å². The van der Waals surface area contributed by atoms with E-state index in [0.717, 1.165) is 34.7 Å². The zero-order valence-electron chi connectivity index (χ0n) is 15.6. The van der Waals surface area contributed by atoms with E-state index in [2.05, 4.69) is 24.3 Å². The van der Waals surface area contributed by atoms with E-state index in [1.165, 1.54) is 62.5 Å². The van der Waals surface area contributed by atoms with Gasteiger partial charge in [-0.25, -0.2) is 0 Å². The molecule has 0 radical (unpaired) electrons. The topological polar surface area (TPSA) is 0 Å². The van der Waals surface area contributed by atoms with Gasteiger partial charge in [0.15, 0.2) is 0 Å². The largest absolute Gasteiger partial charge is 0.0840 e. The zero-order valence-corrected chi connectivity index (χ0v) is 17.1. The molecule has 0 amide bonds. The molecule has 3 rings (SSSR count). The predicted molar refractivity (Wildman–Crippen MR) is 114 cm³/mol. The van der Waals surface area contributed by atoms with E-state index in [1.54, 1.807) is 0 Å². The first-order valence-corrected chi connectivity index (χ1v) is 10.9. The van der Waals surface area contributed by atoms with E-state index >= 15 is 0 Å². The van der Waals surface area contributed by atoms with Gasteiger partial charge in [0.1, 0.15) is 0 Å². The van der Waals surface area contributed by atoms with E-state index < -0.39 is 0 Å². The van der Waals surface area contributed by atoms with Crippen LogP contribution in [0.5, 0.6) is 0 Å². The molecule has 0 nitrogen and oxygen atoms in total. The Balaban J connectivity index is 1.30. The van der Waals surface area contributed by atoms with Crippen LogP contribution in [0.3, 0.4) is 0 Å². The van der Waals surface area contributed by atoms with Crippen LogP contribution in [-0.4, -0.2) is 0 Å². The summed E-state index contributed by atoms with van der Waals surface area (Å²) in [6, 6.07) is 16.5. The Morgan fingerprint density at radius 3 is 1.38 bits per heavy atom. The number of halogens is 2. The van der Waals surface area contributed by atoms with E-state index in [-0.39, 0.29) is 0 Å². The summed E-state index contributed by atoms with van der Waals surface area (Å²) in [4.78, 5) is 0. The fourth-order valence-electron chi connectivity index (χ4n) is 4.37. The van der Waals surface area contributed by atoms with E-state index in [0.29, 0.717) is 0 Å². The fraction of sp³-hybridized carbons (Fsp3) is 0.500. The van der Waals surface area contributed by atoms with Gasteiger partial charge in [0.05, 0.1) is 0 Å². The molecule has 0 N–H and O–H groups in total. The van der Waals surface area contributed by atoms with Gasteiger partial charge in [-0.1, -0.05) is 98.1 Å². The van der Waals surface area contributed by atoms with Crippen LogP contribution in [0, 0.1) is 11.8 Å². The normalized spacial score (nSPS) is 20.2. The lowest BCUT2D eigenvalue weighted by Gasteiger charge is -2.28. The molecule has 0 heterocycles. The summed E-state index contributed by atoms with van der Waals surface area (Å²) >= 11 is 12.5. The molecule has 1 fully saturated rings. The van der Waals surface area contributed by atoms with Crippen molar-refractivity contribution in [3.8, 4) is 0 Å². The fourth-order valence-corrected chi connectivity index (χ4v) is 4.83. The molecule has 1 aliphatic rings. The lowest BCUT2D eigenvalue weighted by atomic mass is 9.78. The molecule has 26 heavy (non-hydrogen) atoms. The number of aryl methyl sites for hydroxylation is 2. The standard InChI is InChI=1S/C24H30Cl2/c25-23-13-3-1-9-21(23)11-5-7-19-15-17-20(18-16-19)8-6-12-22-10-2-4-14-24(22)26/h1-4,9-10,13-14,19-20H,5-8,11-12,15-18H2. The molecule has 0 aliphatic heterocycles. The van der Waals surface area contributed by atoms with Crippen LogP contribution >= 0.6 is 23.2 Å². The zero-order chi connectivity index (χ0) is 18.2. The van der Waals surface area contributed by atoms with Crippen LogP contribution in [0.1, 0.15) is 62.5 Å². The van der Waals surface area contributed by atoms with Crippen LogP contribution < -0.4 is 0 Å².